The topological polar surface area (TPSA) is 99.5 Å². The summed E-state index contributed by atoms with van der Waals surface area (Å²) in [5, 5.41) is 2.57. The molecule has 0 fully saturated rings. The number of rotatable bonds is 7. The van der Waals surface area contributed by atoms with Gasteiger partial charge in [0.05, 0.1) is 0 Å². The number of benzene rings is 1. The average molecular weight is 387 g/mol. The number of hydrogen-bond donors (Lipinski definition) is 1. The first-order valence-corrected chi connectivity index (χ1v) is 8.96. The van der Waals surface area contributed by atoms with E-state index < -0.39 is 29.6 Å². The highest BCUT2D eigenvalue weighted by atomic mass is 16.6. The molecule has 28 heavy (non-hydrogen) atoms. The lowest BCUT2D eigenvalue weighted by atomic mass is 10.1. The maximum atomic E-state index is 12.4. The first-order valence-electron chi connectivity index (χ1n) is 8.96. The lowest BCUT2D eigenvalue weighted by Gasteiger charge is -2.24. The minimum absolute atomic E-state index is 0.0407. The summed E-state index contributed by atoms with van der Waals surface area (Å²) >= 11 is 0. The Morgan fingerprint density at radius 3 is 2.50 bits per heavy atom. The second-order valence-corrected chi connectivity index (χ2v) is 7.19. The number of carbonyl (C=O) groups is 3. The zero-order chi connectivity index (χ0) is 20.6. The van der Waals surface area contributed by atoms with E-state index in [4.69, 9.17) is 9.47 Å². The second-order valence-electron chi connectivity index (χ2n) is 7.19. The van der Waals surface area contributed by atoms with Crippen LogP contribution < -0.4 is 5.32 Å². The fraction of sp³-hybridized carbons (Fsp3) is 0.400. The highest BCUT2D eigenvalue weighted by Crippen LogP contribution is 2.12. The predicted molar refractivity (Wildman–Crippen MR) is 101 cm³/mol. The molecule has 1 atom stereocenters. The van der Waals surface area contributed by atoms with Crippen LogP contribution in [0, 0.1) is 0 Å². The Kier molecular flexibility index (Phi) is 7.31. The number of hydrogen-bond acceptors (Lipinski definition) is 6. The Bertz CT molecular complexity index is 782. The molecule has 0 spiro atoms. The zero-order valence-electron chi connectivity index (χ0n) is 16.3. The molecule has 8 nitrogen and oxygen atoms in total. The van der Waals surface area contributed by atoms with Gasteiger partial charge in [0.25, 0.3) is 0 Å². The van der Waals surface area contributed by atoms with Gasteiger partial charge in [-0.05, 0) is 32.8 Å². The van der Waals surface area contributed by atoms with Gasteiger partial charge >= 0.3 is 18.0 Å². The van der Waals surface area contributed by atoms with Crippen LogP contribution >= 0.6 is 0 Å². The van der Waals surface area contributed by atoms with Crippen molar-refractivity contribution in [3.8, 4) is 0 Å². The summed E-state index contributed by atoms with van der Waals surface area (Å²) in [5.41, 5.74) is 0.149. The second kappa shape index (κ2) is 9.68. The van der Waals surface area contributed by atoms with Crippen LogP contribution in [0.15, 0.2) is 49.1 Å². The Hall–Kier alpha value is -3.16. The van der Waals surface area contributed by atoms with E-state index in [1.165, 1.54) is 23.3 Å². The molecule has 0 aliphatic rings. The average Bonchev–Trinajstić information content (AvgIpc) is 3.17. The minimum atomic E-state index is -0.988. The smallest absolute Gasteiger partial charge is 0.329 e. The van der Waals surface area contributed by atoms with E-state index in [0.717, 1.165) is 5.56 Å². The van der Waals surface area contributed by atoms with Gasteiger partial charge in [-0.25, -0.2) is 14.6 Å². The standard InChI is InChI=1S/C20H25N3O5/c1-20(2,3)28-18(25)16(22-19(26)23-12-11-21-14-23)9-10-17(24)27-13-15-7-5-4-6-8-15/h4-8,11-12,14,16H,9-10,13H2,1-3H3,(H,22,26)/t16-/m0/s1. The molecule has 0 radical (unpaired) electrons. The molecule has 2 aromatic rings. The van der Waals surface area contributed by atoms with Crippen LogP contribution in [-0.2, 0) is 25.7 Å². The normalized spacial score (nSPS) is 12.1. The molecule has 2 rings (SSSR count). The number of carbonyl (C=O) groups excluding carboxylic acids is 3. The van der Waals surface area contributed by atoms with Crippen molar-refractivity contribution >= 4 is 18.0 Å². The van der Waals surface area contributed by atoms with Crippen LogP contribution in [0.5, 0.6) is 0 Å². The third kappa shape index (κ3) is 7.22. The van der Waals surface area contributed by atoms with Gasteiger partial charge in [0.1, 0.15) is 24.6 Å². The SMILES string of the molecule is CC(C)(C)OC(=O)[C@H](CCC(=O)OCc1ccccc1)NC(=O)n1ccnc1. The van der Waals surface area contributed by atoms with Crippen molar-refractivity contribution in [1.82, 2.24) is 14.9 Å². The molecule has 8 heteroatoms. The Morgan fingerprint density at radius 1 is 1.18 bits per heavy atom. The number of nitrogens with zero attached hydrogens (tertiary/aromatic N) is 2. The fourth-order valence-corrected chi connectivity index (χ4v) is 2.30. The van der Waals surface area contributed by atoms with Crippen molar-refractivity contribution in [2.45, 2.75) is 51.9 Å². The van der Waals surface area contributed by atoms with Crippen molar-refractivity contribution in [2.75, 3.05) is 0 Å². The lowest BCUT2D eigenvalue weighted by Crippen LogP contribution is -2.45. The summed E-state index contributed by atoms with van der Waals surface area (Å²) in [4.78, 5) is 40.5. The molecule has 0 aliphatic carbocycles. The number of nitrogens with one attached hydrogen (secondary N) is 1. The Balaban J connectivity index is 1.93. The minimum Gasteiger partial charge on any atom is -0.461 e. The van der Waals surface area contributed by atoms with Crippen LogP contribution in [-0.4, -0.2) is 39.2 Å². The van der Waals surface area contributed by atoms with E-state index in [9.17, 15) is 14.4 Å². The highest BCUT2D eigenvalue weighted by molar-refractivity contribution is 5.85. The molecular formula is C20H25N3O5. The quantitative estimate of drug-likeness (QED) is 0.733. The molecule has 1 aromatic heterocycles. The molecule has 0 bridgehead atoms. The van der Waals surface area contributed by atoms with Gasteiger partial charge in [0.15, 0.2) is 0 Å². The van der Waals surface area contributed by atoms with Crippen LogP contribution in [0.3, 0.4) is 0 Å². The third-order valence-electron chi connectivity index (χ3n) is 3.61. The number of amides is 1. The molecule has 0 aliphatic heterocycles. The van der Waals surface area contributed by atoms with E-state index in [1.54, 1.807) is 20.8 Å². The van der Waals surface area contributed by atoms with Crippen molar-refractivity contribution in [3.63, 3.8) is 0 Å². The number of ether oxygens (including phenoxy) is 2. The van der Waals surface area contributed by atoms with Gasteiger partial charge in [-0.3, -0.25) is 9.36 Å². The van der Waals surface area contributed by atoms with Gasteiger partial charge in [-0.2, -0.15) is 0 Å². The molecule has 0 unspecified atom stereocenters. The Morgan fingerprint density at radius 2 is 1.89 bits per heavy atom. The van der Waals surface area contributed by atoms with E-state index in [0.29, 0.717) is 0 Å². The summed E-state index contributed by atoms with van der Waals surface area (Å²) < 4.78 is 11.8. The summed E-state index contributed by atoms with van der Waals surface area (Å²) in [6.07, 6.45) is 4.23. The van der Waals surface area contributed by atoms with E-state index in [1.807, 2.05) is 30.3 Å². The number of esters is 2. The van der Waals surface area contributed by atoms with Gasteiger partial charge in [0.2, 0.25) is 0 Å². The van der Waals surface area contributed by atoms with Crippen molar-refractivity contribution in [1.29, 1.82) is 0 Å². The van der Waals surface area contributed by atoms with Crippen LogP contribution in [0.2, 0.25) is 0 Å². The molecule has 1 amide bonds. The van der Waals surface area contributed by atoms with Gasteiger partial charge in [0, 0.05) is 18.8 Å². The van der Waals surface area contributed by atoms with Crippen LogP contribution in [0.1, 0.15) is 39.2 Å². The summed E-state index contributed by atoms with van der Waals surface area (Å²) in [5.74, 6) is -1.08. The monoisotopic (exact) mass is 387 g/mol. The summed E-state index contributed by atoms with van der Waals surface area (Å²) in [6, 6.07) is 7.76. The molecule has 0 saturated carbocycles. The first-order chi connectivity index (χ1) is 13.2. The van der Waals surface area contributed by atoms with Crippen molar-refractivity contribution < 1.29 is 23.9 Å². The largest absolute Gasteiger partial charge is 0.461 e. The van der Waals surface area contributed by atoms with Crippen molar-refractivity contribution in [3.05, 3.63) is 54.6 Å². The Labute approximate surface area is 163 Å². The fourth-order valence-electron chi connectivity index (χ4n) is 2.30. The molecule has 1 heterocycles. The molecule has 1 aromatic carbocycles. The highest BCUT2D eigenvalue weighted by Gasteiger charge is 2.27. The maximum absolute atomic E-state index is 12.4. The van der Waals surface area contributed by atoms with E-state index in [2.05, 4.69) is 10.3 Å². The number of aromatic nitrogens is 2. The molecule has 1 N–H and O–H groups in total. The van der Waals surface area contributed by atoms with Crippen LogP contribution in [0.25, 0.3) is 0 Å². The molecular weight excluding hydrogens is 362 g/mol. The van der Waals surface area contributed by atoms with Crippen LogP contribution in [0.4, 0.5) is 4.79 Å². The summed E-state index contributed by atoms with van der Waals surface area (Å²) in [6.45, 7) is 5.34. The number of imidazole rings is 1. The van der Waals surface area contributed by atoms with Crippen molar-refractivity contribution in [2.24, 2.45) is 0 Å². The first kappa shape index (κ1) is 21.1. The zero-order valence-corrected chi connectivity index (χ0v) is 16.3. The lowest BCUT2D eigenvalue weighted by molar-refractivity contribution is -0.157. The predicted octanol–water partition coefficient (Wildman–Crippen LogP) is 2.67. The van der Waals surface area contributed by atoms with E-state index >= 15 is 0 Å². The van der Waals surface area contributed by atoms with Gasteiger partial charge in [-0.15, -0.1) is 0 Å². The third-order valence-corrected chi connectivity index (χ3v) is 3.61. The summed E-state index contributed by atoms with van der Waals surface area (Å²) in [7, 11) is 0. The van der Waals surface area contributed by atoms with Gasteiger partial charge in [-0.1, -0.05) is 30.3 Å². The molecule has 0 saturated heterocycles. The van der Waals surface area contributed by atoms with Gasteiger partial charge < -0.3 is 14.8 Å². The molecule has 150 valence electrons. The van der Waals surface area contributed by atoms with E-state index in [-0.39, 0.29) is 19.4 Å². The maximum Gasteiger partial charge on any atom is 0.329 e.